The number of rotatable bonds is 4. The monoisotopic (exact) mass is 192 g/mol. The zero-order valence-corrected chi connectivity index (χ0v) is 8.58. The molecule has 0 saturated heterocycles. The van der Waals surface area contributed by atoms with E-state index in [1.807, 2.05) is 37.4 Å². The summed E-state index contributed by atoms with van der Waals surface area (Å²) in [6.45, 7) is 2.27. The Hall–Kier alpha value is -1.35. The van der Waals surface area contributed by atoms with Crippen molar-refractivity contribution >= 4 is 5.91 Å². The average Bonchev–Trinajstić information content (AvgIpc) is 2.18. The minimum absolute atomic E-state index is 0.00546. The molecule has 2 N–H and O–H groups in total. The molecule has 1 atom stereocenters. The summed E-state index contributed by atoms with van der Waals surface area (Å²) in [5.74, 6) is -0.00546. The zero-order valence-electron chi connectivity index (χ0n) is 8.58. The molecule has 1 aromatic carbocycles. The molecule has 0 bridgehead atoms. The fourth-order valence-electron chi connectivity index (χ4n) is 1.39. The molecule has 1 unspecified atom stereocenters. The number of carbonyl (C=O) groups excluding carboxylic acids is 1. The van der Waals surface area contributed by atoms with Crippen molar-refractivity contribution in [2.75, 3.05) is 13.6 Å². The summed E-state index contributed by atoms with van der Waals surface area (Å²) in [6, 6.07) is 9.99. The molecule has 1 amide bonds. The maximum atomic E-state index is 11.0. The van der Waals surface area contributed by atoms with Crippen molar-refractivity contribution in [3.63, 3.8) is 0 Å². The molecule has 0 spiro atoms. The molecule has 3 nitrogen and oxygen atoms in total. The second-order valence-electron chi connectivity index (χ2n) is 3.22. The first-order valence-corrected chi connectivity index (χ1v) is 4.70. The first kappa shape index (κ1) is 10.7. The lowest BCUT2D eigenvalue weighted by molar-refractivity contribution is -0.119. The van der Waals surface area contributed by atoms with Gasteiger partial charge in [-0.3, -0.25) is 4.79 Å². The Kier molecular flexibility index (Phi) is 4.13. The number of nitrogens with one attached hydrogen (secondary N) is 2. The highest BCUT2D eigenvalue weighted by Crippen LogP contribution is 2.10. The number of likely N-dealkylation sites (N-methyl/N-ethyl adjacent to an activating group) is 1. The van der Waals surface area contributed by atoms with Crippen LogP contribution >= 0.6 is 0 Å². The predicted octanol–water partition coefficient (Wildman–Crippen LogP) is 1.08. The van der Waals surface area contributed by atoms with Gasteiger partial charge in [-0.2, -0.15) is 0 Å². The molecule has 0 aliphatic heterocycles. The van der Waals surface area contributed by atoms with Crippen LogP contribution in [-0.4, -0.2) is 19.5 Å². The number of benzene rings is 1. The highest BCUT2D eigenvalue weighted by atomic mass is 16.1. The lowest BCUT2D eigenvalue weighted by atomic mass is 10.1. The van der Waals surface area contributed by atoms with Crippen LogP contribution in [0, 0.1) is 0 Å². The molecule has 0 aromatic heterocycles. The molecule has 76 valence electrons. The van der Waals surface area contributed by atoms with E-state index in [1.54, 1.807) is 0 Å². The van der Waals surface area contributed by atoms with Gasteiger partial charge in [0.1, 0.15) is 0 Å². The fraction of sp³-hybridized carbons (Fsp3) is 0.364. The molecule has 14 heavy (non-hydrogen) atoms. The second kappa shape index (κ2) is 5.40. The molecule has 0 heterocycles. The number of hydrogen-bond donors (Lipinski definition) is 2. The maximum Gasteiger partial charge on any atom is 0.217 e. The van der Waals surface area contributed by atoms with Crippen LogP contribution in [0.25, 0.3) is 0 Å². The molecule has 3 heteroatoms. The van der Waals surface area contributed by atoms with Crippen LogP contribution in [0.5, 0.6) is 0 Å². The van der Waals surface area contributed by atoms with Crippen LogP contribution in [0.2, 0.25) is 0 Å². The van der Waals surface area contributed by atoms with Gasteiger partial charge in [0.05, 0.1) is 6.04 Å². The zero-order chi connectivity index (χ0) is 10.4. The van der Waals surface area contributed by atoms with E-state index in [1.165, 1.54) is 6.92 Å². The Labute approximate surface area is 84.5 Å². The lowest BCUT2D eigenvalue weighted by Crippen LogP contribution is -2.32. The second-order valence-corrected chi connectivity index (χ2v) is 3.22. The molecular formula is C11H16N2O. The lowest BCUT2D eigenvalue weighted by Gasteiger charge is -2.17. The molecular weight excluding hydrogens is 176 g/mol. The van der Waals surface area contributed by atoms with E-state index in [9.17, 15) is 4.79 Å². The van der Waals surface area contributed by atoms with E-state index in [4.69, 9.17) is 0 Å². The Bertz CT molecular complexity index is 285. The Morgan fingerprint density at radius 2 is 2.00 bits per heavy atom. The molecule has 0 saturated carbocycles. The minimum Gasteiger partial charge on any atom is -0.348 e. The van der Waals surface area contributed by atoms with Crippen molar-refractivity contribution in [2.24, 2.45) is 0 Å². The van der Waals surface area contributed by atoms with Crippen molar-refractivity contribution in [3.05, 3.63) is 35.9 Å². The molecule has 1 rings (SSSR count). The van der Waals surface area contributed by atoms with E-state index in [2.05, 4.69) is 10.6 Å². The van der Waals surface area contributed by atoms with E-state index in [-0.39, 0.29) is 11.9 Å². The standard InChI is InChI=1S/C11H16N2O/c1-9(14)13-11(8-12-2)10-6-4-3-5-7-10/h3-7,11-12H,8H2,1-2H3,(H,13,14). The van der Waals surface area contributed by atoms with Crippen molar-refractivity contribution < 1.29 is 4.79 Å². The van der Waals surface area contributed by atoms with E-state index < -0.39 is 0 Å². The largest absolute Gasteiger partial charge is 0.348 e. The van der Waals surface area contributed by atoms with Gasteiger partial charge in [-0.1, -0.05) is 30.3 Å². The van der Waals surface area contributed by atoms with Crippen molar-refractivity contribution in [1.82, 2.24) is 10.6 Å². The normalized spacial score (nSPS) is 12.1. The van der Waals surface area contributed by atoms with Gasteiger partial charge < -0.3 is 10.6 Å². The summed E-state index contributed by atoms with van der Waals surface area (Å²) in [5, 5.41) is 5.95. The number of amides is 1. The third kappa shape index (κ3) is 3.18. The van der Waals surface area contributed by atoms with Gasteiger partial charge in [0, 0.05) is 13.5 Å². The maximum absolute atomic E-state index is 11.0. The van der Waals surface area contributed by atoms with Crippen LogP contribution in [0.3, 0.4) is 0 Å². The summed E-state index contributed by atoms with van der Waals surface area (Å²) in [7, 11) is 1.87. The number of hydrogen-bond acceptors (Lipinski definition) is 2. The van der Waals surface area contributed by atoms with Gasteiger partial charge in [0.15, 0.2) is 0 Å². The third-order valence-electron chi connectivity index (χ3n) is 1.99. The summed E-state index contributed by atoms with van der Waals surface area (Å²) >= 11 is 0. The first-order chi connectivity index (χ1) is 6.74. The predicted molar refractivity (Wildman–Crippen MR) is 56.9 cm³/mol. The first-order valence-electron chi connectivity index (χ1n) is 4.70. The van der Waals surface area contributed by atoms with Crippen LogP contribution in [-0.2, 0) is 4.79 Å². The van der Waals surface area contributed by atoms with E-state index in [0.717, 1.165) is 12.1 Å². The average molecular weight is 192 g/mol. The summed E-state index contributed by atoms with van der Waals surface area (Å²) < 4.78 is 0. The fourth-order valence-corrected chi connectivity index (χ4v) is 1.39. The topological polar surface area (TPSA) is 41.1 Å². The Morgan fingerprint density at radius 1 is 1.36 bits per heavy atom. The highest BCUT2D eigenvalue weighted by molar-refractivity contribution is 5.73. The quantitative estimate of drug-likeness (QED) is 0.749. The van der Waals surface area contributed by atoms with Gasteiger partial charge in [0.2, 0.25) is 5.91 Å². The van der Waals surface area contributed by atoms with Crippen LogP contribution in [0.1, 0.15) is 18.5 Å². The van der Waals surface area contributed by atoms with Gasteiger partial charge >= 0.3 is 0 Å². The van der Waals surface area contributed by atoms with E-state index in [0.29, 0.717) is 0 Å². The van der Waals surface area contributed by atoms with Gasteiger partial charge in [-0.15, -0.1) is 0 Å². The SMILES string of the molecule is CNCC(NC(C)=O)c1ccccc1. The smallest absolute Gasteiger partial charge is 0.217 e. The molecule has 0 aliphatic carbocycles. The highest BCUT2D eigenvalue weighted by Gasteiger charge is 2.10. The molecule has 0 radical (unpaired) electrons. The summed E-state index contributed by atoms with van der Waals surface area (Å²) in [5.41, 5.74) is 1.12. The Morgan fingerprint density at radius 3 is 2.50 bits per heavy atom. The van der Waals surface area contributed by atoms with Crippen LogP contribution < -0.4 is 10.6 Å². The van der Waals surface area contributed by atoms with Gasteiger partial charge in [-0.25, -0.2) is 0 Å². The van der Waals surface area contributed by atoms with E-state index >= 15 is 0 Å². The minimum atomic E-state index is -0.00546. The van der Waals surface area contributed by atoms with Gasteiger partial charge in [-0.05, 0) is 12.6 Å². The van der Waals surface area contributed by atoms with Gasteiger partial charge in [0.25, 0.3) is 0 Å². The molecule has 0 fully saturated rings. The van der Waals surface area contributed by atoms with Crippen molar-refractivity contribution in [1.29, 1.82) is 0 Å². The van der Waals surface area contributed by atoms with Crippen LogP contribution in [0.15, 0.2) is 30.3 Å². The van der Waals surface area contributed by atoms with Crippen LogP contribution in [0.4, 0.5) is 0 Å². The number of carbonyl (C=O) groups is 1. The molecule has 1 aromatic rings. The van der Waals surface area contributed by atoms with Crippen molar-refractivity contribution in [2.45, 2.75) is 13.0 Å². The molecule has 0 aliphatic rings. The summed E-state index contributed by atoms with van der Waals surface area (Å²) in [6.07, 6.45) is 0. The summed E-state index contributed by atoms with van der Waals surface area (Å²) in [4.78, 5) is 11.0. The third-order valence-corrected chi connectivity index (χ3v) is 1.99. The Balaban J connectivity index is 2.72. The van der Waals surface area contributed by atoms with Crippen molar-refractivity contribution in [3.8, 4) is 0 Å².